The van der Waals surface area contributed by atoms with Gasteiger partial charge in [-0.1, -0.05) is 24.6 Å². The minimum absolute atomic E-state index is 0.0260. The van der Waals surface area contributed by atoms with Gasteiger partial charge in [-0.25, -0.2) is 4.98 Å². The number of benzene rings is 2. The molecule has 0 saturated carbocycles. The Labute approximate surface area is 194 Å². The molecule has 32 heavy (non-hydrogen) atoms. The third-order valence-corrected chi connectivity index (χ3v) is 7.14. The molecule has 0 aliphatic carbocycles. The van der Waals surface area contributed by atoms with Gasteiger partial charge in [0.2, 0.25) is 0 Å². The molecular weight excluding hydrogens is 418 g/mol. The first kappa shape index (κ1) is 22.5. The van der Waals surface area contributed by atoms with Crippen LogP contribution in [0.3, 0.4) is 0 Å². The fourth-order valence-corrected chi connectivity index (χ4v) is 5.06. The zero-order valence-corrected chi connectivity index (χ0v) is 19.7. The number of hydrogen-bond acceptors (Lipinski definition) is 5. The van der Waals surface area contributed by atoms with Crippen LogP contribution >= 0.6 is 11.3 Å². The molecule has 1 saturated heterocycles. The van der Waals surface area contributed by atoms with Crippen LogP contribution in [0.25, 0.3) is 10.6 Å². The van der Waals surface area contributed by atoms with Gasteiger partial charge in [0.25, 0.3) is 5.91 Å². The number of amides is 1. The highest BCUT2D eigenvalue weighted by Gasteiger charge is 2.18. The molecule has 5 nitrogen and oxygen atoms in total. The van der Waals surface area contributed by atoms with Crippen molar-refractivity contribution in [2.24, 2.45) is 0 Å². The predicted molar refractivity (Wildman–Crippen MR) is 131 cm³/mol. The summed E-state index contributed by atoms with van der Waals surface area (Å²) >= 11 is 1.44. The third-order valence-electron chi connectivity index (χ3n) is 5.93. The second kappa shape index (κ2) is 10.7. The lowest BCUT2D eigenvalue weighted by molar-refractivity contribution is 0.0952. The zero-order valence-electron chi connectivity index (χ0n) is 18.8. The van der Waals surface area contributed by atoms with Gasteiger partial charge >= 0.3 is 0 Å². The maximum absolute atomic E-state index is 12.7. The molecule has 3 aromatic rings. The van der Waals surface area contributed by atoms with Gasteiger partial charge in [0.15, 0.2) is 0 Å². The van der Waals surface area contributed by atoms with Crippen molar-refractivity contribution in [1.29, 1.82) is 0 Å². The van der Waals surface area contributed by atoms with Crippen LogP contribution in [0.2, 0.25) is 0 Å². The van der Waals surface area contributed by atoms with E-state index in [1.807, 2.05) is 61.5 Å². The predicted octanol–water partition coefficient (Wildman–Crippen LogP) is 5.91. The number of carbonyl (C=O) groups is 1. The SMILES string of the molecule is Cc1nc(-c2ccc(Oc3ccccc3)cc2)sc1C(=O)NCCCN1CCCCC1C. The van der Waals surface area contributed by atoms with E-state index < -0.39 is 0 Å². The summed E-state index contributed by atoms with van der Waals surface area (Å²) < 4.78 is 5.86. The lowest BCUT2D eigenvalue weighted by atomic mass is 10.0. The van der Waals surface area contributed by atoms with Gasteiger partial charge in [-0.15, -0.1) is 11.3 Å². The first-order chi connectivity index (χ1) is 15.6. The number of likely N-dealkylation sites (tertiary alicyclic amines) is 1. The molecule has 1 atom stereocenters. The summed E-state index contributed by atoms with van der Waals surface area (Å²) in [6.07, 6.45) is 4.89. The zero-order chi connectivity index (χ0) is 22.3. The highest BCUT2D eigenvalue weighted by molar-refractivity contribution is 7.17. The van der Waals surface area contributed by atoms with E-state index >= 15 is 0 Å². The van der Waals surface area contributed by atoms with Gasteiger partial charge in [-0.2, -0.15) is 0 Å². The van der Waals surface area contributed by atoms with E-state index in [0.717, 1.165) is 40.7 Å². The van der Waals surface area contributed by atoms with Crippen LogP contribution in [0.15, 0.2) is 54.6 Å². The summed E-state index contributed by atoms with van der Waals surface area (Å²) in [5, 5.41) is 3.93. The van der Waals surface area contributed by atoms with E-state index in [4.69, 9.17) is 4.74 Å². The molecule has 1 amide bonds. The quantitative estimate of drug-likeness (QED) is 0.435. The first-order valence-corrected chi connectivity index (χ1v) is 12.2. The van der Waals surface area contributed by atoms with Crippen molar-refractivity contribution in [2.45, 2.75) is 45.6 Å². The Morgan fingerprint density at radius 3 is 2.62 bits per heavy atom. The molecule has 6 heteroatoms. The summed E-state index contributed by atoms with van der Waals surface area (Å²) in [5.41, 5.74) is 1.76. The van der Waals surface area contributed by atoms with Crippen LogP contribution in [0.4, 0.5) is 0 Å². The van der Waals surface area contributed by atoms with Crippen molar-refractivity contribution in [3.63, 3.8) is 0 Å². The number of piperidine rings is 1. The summed E-state index contributed by atoms with van der Waals surface area (Å²) in [6, 6.07) is 18.2. The summed E-state index contributed by atoms with van der Waals surface area (Å²) in [4.78, 5) is 20.6. The number of aryl methyl sites for hydroxylation is 1. The molecule has 168 valence electrons. The highest BCUT2D eigenvalue weighted by Crippen LogP contribution is 2.30. The van der Waals surface area contributed by atoms with Crippen molar-refractivity contribution >= 4 is 17.2 Å². The Balaban J connectivity index is 1.31. The number of carbonyl (C=O) groups excluding carboxylic acids is 1. The van der Waals surface area contributed by atoms with Crippen LogP contribution in [0.5, 0.6) is 11.5 Å². The molecule has 2 heterocycles. The first-order valence-electron chi connectivity index (χ1n) is 11.4. The molecule has 1 aliphatic heterocycles. The molecule has 1 aliphatic rings. The number of aromatic nitrogens is 1. The molecule has 1 fully saturated rings. The number of para-hydroxylation sites is 1. The number of nitrogens with zero attached hydrogens (tertiary/aromatic N) is 2. The van der Waals surface area contributed by atoms with Crippen LogP contribution in [-0.4, -0.2) is 41.5 Å². The monoisotopic (exact) mass is 449 g/mol. The van der Waals surface area contributed by atoms with E-state index in [1.165, 1.54) is 37.1 Å². The molecular formula is C26H31N3O2S. The van der Waals surface area contributed by atoms with Crippen LogP contribution in [-0.2, 0) is 0 Å². The van der Waals surface area contributed by atoms with Gasteiger partial charge in [0, 0.05) is 24.7 Å². The van der Waals surface area contributed by atoms with Crippen molar-refractivity contribution < 1.29 is 9.53 Å². The second-order valence-electron chi connectivity index (χ2n) is 8.36. The lowest BCUT2D eigenvalue weighted by Crippen LogP contribution is -2.39. The fourth-order valence-electron chi connectivity index (χ4n) is 4.07. The smallest absolute Gasteiger partial charge is 0.263 e. The Hall–Kier alpha value is -2.70. The maximum atomic E-state index is 12.7. The molecule has 0 bridgehead atoms. The second-order valence-corrected chi connectivity index (χ2v) is 9.36. The number of ether oxygens (including phenoxy) is 1. The molecule has 0 spiro atoms. The van der Waals surface area contributed by atoms with Crippen molar-refractivity contribution in [3.05, 3.63) is 65.2 Å². The molecule has 0 radical (unpaired) electrons. The van der Waals surface area contributed by atoms with Crippen molar-refractivity contribution in [3.8, 4) is 22.1 Å². The molecule has 4 rings (SSSR count). The van der Waals surface area contributed by atoms with Gasteiger partial charge < -0.3 is 15.0 Å². The summed E-state index contributed by atoms with van der Waals surface area (Å²) in [5.74, 6) is 1.55. The number of hydrogen-bond donors (Lipinski definition) is 1. The minimum atomic E-state index is -0.0260. The number of thiazole rings is 1. The van der Waals surface area contributed by atoms with Crippen LogP contribution in [0.1, 0.15) is 48.0 Å². The van der Waals surface area contributed by atoms with E-state index in [0.29, 0.717) is 17.5 Å². The summed E-state index contributed by atoms with van der Waals surface area (Å²) in [6.45, 7) is 7.13. The van der Waals surface area contributed by atoms with Gasteiger partial charge in [-0.3, -0.25) is 4.79 Å². The normalized spacial score (nSPS) is 16.6. The Bertz CT molecular complexity index is 1020. The Morgan fingerprint density at radius 1 is 1.12 bits per heavy atom. The van der Waals surface area contributed by atoms with Gasteiger partial charge in [0.05, 0.1) is 5.69 Å². The van der Waals surface area contributed by atoms with Crippen molar-refractivity contribution in [1.82, 2.24) is 15.2 Å². The standard InChI is InChI=1S/C26H31N3O2S/c1-19-9-6-7-17-29(19)18-8-16-27-25(30)24-20(2)28-26(32-24)21-12-14-23(15-13-21)31-22-10-4-3-5-11-22/h3-5,10-15,19H,6-9,16-18H2,1-2H3,(H,27,30). The maximum Gasteiger partial charge on any atom is 0.263 e. The van der Waals surface area contributed by atoms with E-state index in [2.05, 4.69) is 22.1 Å². The average molecular weight is 450 g/mol. The fraction of sp³-hybridized carbons (Fsp3) is 0.385. The average Bonchev–Trinajstić information content (AvgIpc) is 3.20. The molecule has 1 unspecified atom stereocenters. The van der Waals surface area contributed by atoms with Gasteiger partial charge in [-0.05, 0) is 76.1 Å². The topological polar surface area (TPSA) is 54.5 Å². The summed E-state index contributed by atoms with van der Waals surface area (Å²) in [7, 11) is 0. The van der Waals surface area contributed by atoms with Crippen LogP contribution < -0.4 is 10.1 Å². The van der Waals surface area contributed by atoms with Gasteiger partial charge in [0.1, 0.15) is 21.4 Å². The van der Waals surface area contributed by atoms with Crippen molar-refractivity contribution in [2.75, 3.05) is 19.6 Å². The van der Waals surface area contributed by atoms with E-state index in [-0.39, 0.29) is 5.91 Å². The Morgan fingerprint density at radius 2 is 1.88 bits per heavy atom. The Kier molecular flexibility index (Phi) is 7.55. The molecule has 1 aromatic heterocycles. The number of nitrogens with one attached hydrogen (secondary N) is 1. The molecule has 1 N–H and O–H groups in total. The largest absolute Gasteiger partial charge is 0.457 e. The van der Waals surface area contributed by atoms with E-state index in [1.54, 1.807) is 0 Å². The lowest BCUT2D eigenvalue weighted by Gasteiger charge is -2.33. The minimum Gasteiger partial charge on any atom is -0.457 e. The molecule has 2 aromatic carbocycles. The highest BCUT2D eigenvalue weighted by atomic mass is 32.1. The third kappa shape index (κ3) is 5.75. The van der Waals surface area contributed by atoms with E-state index in [9.17, 15) is 4.79 Å². The number of rotatable bonds is 8. The van der Waals surface area contributed by atoms with Crippen LogP contribution in [0, 0.1) is 6.92 Å².